The van der Waals surface area contributed by atoms with Crippen molar-refractivity contribution in [2.45, 2.75) is 164 Å². The lowest BCUT2D eigenvalue weighted by Crippen LogP contribution is -2.69. The molecule has 0 aromatic rings. The molecule has 5 saturated carbocycles. The zero-order valence-corrected chi connectivity index (χ0v) is 31.4. The Morgan fingerprint density at radius 1 is 0.830 bits per heavy atom. The van der Waals surface area contributed by atoms with Gasteiger partial charge < -0.3 is 19.9 Å². The first kappa shape index (κ1) is 36.2. The van der Waals surface area contributed by atoms with Crippen molar-refractivity contribution in [1.29, 1.82) is 0 Å². The average Bonchev–Trinajstić information content (AvgIpc) is 3.28. The van der Waals surface area contributed by atoms with E-state index in [1.54, 1.807) is 13.8 Å². The summed E-state index contributed by atoms with van der Waals surface area (Å²) in [5.74, 6) is 0.847. The summed E-state index contributed by atoms with van der Waals surface area (Å²) in [6.07, 6.45) is 9.80. The highest BCUT2D eigenvalue weighted by Crippen LogP contribution is 2.76. The van der Waals surface area contributed by atoms with Gasteiger partial charge in [-0.15, -0.1) is 0 Å². The van der Waals surface area contributed by atoms with Crippen LogP contribution < -0.4 is 5.32 Å². The summed E-state index contributed by atoms with van der Waals surface area (Å²) < 4.78 is 12.1. The first-order valence-corrected chi connectivity index (χ1v) is 18.5. The normalized spacial score (nSPS) is 42.5. The summed E-state index contributed by atoms with van der Waals surface area (Å²) in [6.45, 7) is 28.2. The molecular formula is C40H65NO6. The Bertz CT molecular complexity index is 1300. The first-order chi connectivity index (χ1) is 21.4. The molecule has 1 amide bonds. The van der Waals surface area contributed by atoms with Gasteiger partial charge in [0.05, 0.1) is 11.8 Å². The molecule has 2 N–H and O–H groups in total. The number of carboxylic acids is 1. The Balaban J connectivity index is 1.42. The fourth-order valence-electron chi connectivity index (χ4n) is 12.8. The third-order valence-corrected chi connectivity index (χ3v) is 15.2. The van der Waals surface area contributed by atoms with Crippen molar-refractivity contribution >= 4 is 18.0 Å². The zero-order valence-electron chi connectivity index (χ0n) is 31.4. The summed E-state index contributed by atoms with van der Waals surface area (Å²) >= 11 is 0. The zero-order chi connectivity index (χ0) is 35.2. The lowest BCUT2D eigenvalue weighted by Gasteiger charge is -2.73. The highest BCUT2D eigenvalue weighted by Gasteiger charge is 2.71. The Kier molecular flexibility index (Phi) is 8.87. The van der Waals surface area contributed by atoms with E-state index in [0.29, 0.717) is 29.6 Å². The van der Waals surface area contributed by atoms with Crippen LogP contribution >= 0.6 is 0 Å². The van der Waals surface area contributed by atoms with Crippen LogP contribution in [0.5, 0.6) is 0 Å². The minimum atomic E-state index is -1.06. The minimum Gasteiger partial charge on any atom is -0.481 e. The second-order valence-corrected chi connectivity index (χ2v) is 19.7. The van der Waals surface area contributed by atoms with E-state index in [-0.39, 0.29) is 45.8 Å². The molecule has 5 fully saturated rings. The molecule has 0 heterocycles. The van der Waals surface area contributed by atoms with Crippen LogP contribution in [0.2, 0.25) is 0 Å². The van der Waals surface area contributed by atoms with E-state index in [2.05, 4.69) is 53.4 Å². The summed E-state index contributed by atoms with van der Waals surface area (Å²) in [5.41, 5.74) is -0.393. The van der Waals surface area contributed by atoms with Crippen molar-refractivity contribution < 1.29 is 29.0 Å². The Labute approximate surface area is 284 Å². The summed E-state index contributed by atoms with van der Waals surface area (Å²) in [5, 5.41) is 12.9. The standard InChI is InChI=1S/C40H65NO6/c1-24(2)25-15-20-40(41-33(45)47-34(3,4)5)22-21-38(11)26(31(25)40)13-14-28-37(10)18-17-29(46-32(44)35(6,7)23-30(42)43)36(8,9)27(37)16-19-39(28,38)12/h25-29,31H,1,13-23H2,2-12H3,(H,41,45)(H,42,43)/t25-,26+,27-,28+,29-,31+,37-,38+,39?,40-/m0/s1. The fourth-order valence-corrected chi connectivity index (χ4v) is 12.8. The average molecular weight is 656 g/mol. The smallest absolute Gasteiger partial charge is 0.408 e. The molecule has 0 radical (unpaired) electrons. The number of hydrogen-bond donors (Lipinski definition) is 2. The molecule has 0 aliphatic heterocycles. The number of ether oxygens (including phenoxy) is 2. The van der Waals surface area contributed by atoms with Crippen LogP contribution in [0.25, 0.3) is 0 Å². The molecule has 266 valence electrons. The number of carbonyl (C=O) groups excluding carboxylic acids is 2. The van der Waals surface area contributed by atoms with E-state index >= 15 is 0 Å². The van der Waals surface area contributed by atoms with Crippen LogP contribution in [0, 0.1) is 56.7 Å². The molecule has 5 rings (SSSR count). The van der Waals surface area contributed by atoms with Crippen LogP contribution in [0.15, 0.2) is 12.2 Å². The number of carbonyl (C=O) groups is 3. The van der Waals surface area contributed by atoms with Crippen LogP contribution in [0.3, 0.4) is 0 Å². The largest absolute Gasteiger partial charge is 0.481 e. The molecule has 5 aliphatic carbocycles. The van der Waals surface area contributed by atoms with Gasteiger partial charge in [0.25, 0.3) is 0 Å². The molecular weight excluding hydrogens is 590 g/mol. The monoisotopic (exact) mass is 655 g/mol. The molecule has 0 aromatic carbocycles. The molecule has 7 nitrogen and oxygen atoms in total. The lowest BCUT2D eigenvalue weighted by molar-refractivity contribution is -0.247. The SMILES string of the molecule is C=C(C)[C@@H]1CC[C@]2(NC(=O)OC(C)(C)C)CC[C@]3(C)[C@H](CC[C@H]4C3(C)CC[C@H]3C(C)(C)[C@@H](OC(=O)C(C)(C)CC(=O)O)CC[C@@]34C)[C@@H]12. The highest BCUT2D eigenvalue weighted by molar-refractivity contribution is 5.82. The molecule has 0 aromatic heterocycles. The van der Waals surface area contributed by atoms with Crippen molar-refractivity contribution in [3.8, 4) is 0 Å². The van der Waals surface area contributed by atoms with E-state index in [9.17, 15) is 19.5 Å². The van der Waals surface area contributed by atoms with Gasteiger partial charge in [-0.1, -0.05) is 46.8 Å². The van der Waals surface area contributed by atoms with Crippen LogP contribution in [0.4, 0.5) is 4.79 Å². The van der Waals surface area contributed by atoms with E-state index in [0.717, 1.165) is 57.8 Å². The molecule has 0 bridgehead atoms. The van der Waals surface area contributed by atoms with Gasteiger partial charge >= 0.3 is 18.0 Å². The number of rotatable bonds is 6. The number of hydrogen-bond acceptors (Lipinski definition) is 5. The van der Waals surface area contributed by atoms with Gasteiger partial charge in [0.15, 0.2) is 0 Å². The van der Waals surface area contributed by atoms with Gasteiger partial charge in [-0.2, -0.15) is 0 Å². The van der Waals surface area contributed by atoms with Crippen molar-refractivity contribution in [2.24, 2.45) is 56.7 Å². The maximum atomic E-state index is 13.3. The number of carboxylic acid groups (broad SMARTS) is 1. The van der Waals surface area contributed by atoms with E-state index in [4.69, 9.17) is 9.47 Å². The molecule has 5 aliphatic rings. The Hall–Kier alpha value is -2.05. The number of allylic oxidation sites excluding steroid dienone is 1. The van der Waals surface area contributed by atoms with Crippen molar-refractivity contribution in [3.05, 3.63) is 12.2 Å². The fraction of sp³-hybridized carbons (Fsp3) is 0.875. The number of amides is 1. The molecule has 0 saturated heterocycles. The predicted octanol–water partition coefficient (Wildman–Crippen LogP) is 9.33. The Morgan fingerprint density at radius 3 is 2.09 bits per heavy atom. The van der Waals surface area contributed by atoms with Gasteiger partial charge in [-0.3, -0.25) is 9.59 Å². The van der Waals surface area contributed by atoms with E-state index < -0.39 is 23.0 Å². The Morgan fingerprint density at radius 2 is 1.49 bits per heavy atom. The molecule has 10 atom stereocenters. The second kappa shape index (κ2) is 11.5. The first-order valence-electron chi connectivity index (χ1n) is 18.5. The third-order valence-electron chi connectivity index (χ3n) is 15.2. The number of alkyl carbamates (subject to hydrolysis) is 1. The van der Waals surface area contributed by atoms with E-state index in [1.165, 1.54) is 12.0 Å². The van der Waals surface area contributed by atoms with Crippen LogP contribution in [-0.4, -0.2) is 40.4 Å². The number of fused-ring (bicyclic) bond motifs is 7. The quantitative estimate of drug-likeness (QED) is 0.218. The highest BCUT2D eigenvalue weighted by atomic mass is 16.6. The summed E-state index contributed by atoms with van der Waals surface area (Å²) in [7, 11) is 0. The number of aliphatic carboxylic acids is 1. The van der Waals surface area contributed by atoms with Crippen molar-refractivity contribution in [2.75, 3.05) is 0 Å². The van der Waals surface area contributed by atoms with Crippen LogP contribution in [0.1, 0.15) is 147 Å². The van der Waals surface area contributed by atoms with Gasteiger partial charge in [0, 0.05) is 11.0 Å². The minimum absolute atomic E-state index is 0.122. The second-order valence-electron chi connectivity index (χ2n) is 19.7. The maximum Gasteiger partial charge on any atom is 0.408 e. The predicted molar refractivity (Wildman–Crippen MR) is 185 cm³/mol. The number of esters is 1. The summed E-state index contributed by atoms with van der Waals surface area (Å²) in [6, 6.07) is 0. The lowest BCUT2D eigenvalue weighted by atomic mass is 9.32. The third kappa shape index (κ3) is 5.75. The molecule has 47 heavy (non-hydrogen) atoms. The van der Waals surface area contributed by atoms with Gasteiger partial charge in [-0.25, -0.2) is 4.79 Å². The topological polar surface area (TPSA) is 102 Å². The van der Waals surface area contributed by atoms with Gasteiger partial charge in [-0.05, 0) is 152 Å². The number of nitrogens with one attached hydrogen (secondary N) is 1. The van der Waals surface area contributed by atoms with Gasteiger partial charge in [0.2, 0.25) is 0 Å². The molecule has 7 heteroatoms. The summed E-state index contributed by atoms with van der Waals surface area (Å²) in [4.78, 5) is 38.0. The van der Waals surface area contributed by atoms with E-state index in [1.807, 2.05) is 20.8 Å². The molecule has 0 spiro atoms. The van der Waals surface area contributed by atoms with Crippen molar-refractivity contribution in [3.63, 3.8) is 0 Å². The van der Waals surface area contributed by atoms with Crippen molar-refractivity contribution in [1.82, 2.24) is 5.32 Å². The van der Waals surface area contributed by atoms with Gasteiger partial charge in [0.1, 0.15) is 11.7 Å². The van der Waals surface area contributed by atoms with Crippen LogP contribution in [-0.2, 0) is 19.1 Å². The molecule has 1 unspecified atom stereocenters. The maximum absolute atomic E-state index is 13.3.